The standard InChI is InChI=1S/C35H35N3O5/c1-35(2,3)28-17-13-26(14-18-28)32(39)36-30(34(40)41)21-22-5-7-25(8-6-22)31-37-33(43-38-31)27-11-9-23(10-12-27)24-15-19-29(42-4)20-16-24/h5-9,11-20,23,30H,10,21H2,1-4H3,(H,36,39)(H,40,41)/t23?,30-/m0/s1. The SMILES string of the molecule is COc1ccc(C2C=CC(c3nc(-c4ccc(C[C@H](NC(=O)c5ccc(C(C)(C)C)cc5)C(=O)O)cc4)no3)=CC2)cc1. The molecule has 5 rings (SSSR count). The van der Waals surface area contributed by atoms with Gasteiger partial charge >= 0.3 is 5.97 Å². The molecular weight excluding hydrogens is 542 g/mol. The molecule has 4 aromatic rings. The number of rotatable bonds is 9. The third-order valence-corrected chi connectivity index (χ3v) is 7.59. The Labute approximate surface area is 251 Å². The van der Waals surface area contributed by atoms with Crippen molar-refractivity contribution in [2.24, 2.45) is 0 Å². The van der Waals surface area contributed by atoms with E-state index in [1.165, 1.54) is 5.56 Å². The molecule has 1 aromatic heterocycles. The fraction of sp³-hybridized carbons (Fsp3) is 0.257. The lowest BCUT2D eigenvalue weighted by atomic mass is 9.86. The molecule has 0 fully saturated rings. The maximum atomic E-state index is 12.8. The van der Waals surface area contributed by atoms with Crippen LogP contribution in [-0.4, -0.2) is 40.3 Å². The van der Waals surface area contributed by atoms with Crippen LogP contribution in [0.3, 0.4) is 0 Å². The quantitative estimate of drug-likeness (QED) is 0.230. The molecule has 0 saturated carbocycles. The van der Waals surface area contributed by atoms with Crippen molar-refractivity contribution in [1.82, 2.24) is 15.5 Å². The molecule has 1 heterocycles. The van der Waals surface area contributed by atoms with E-state index in [4.69, 9.17) is 9.26 Å². The average Bonchev–Trinajstić information content (AvgIpc) is 3.51. The normalized spacial score (nSPS) is 15.4. The lowest BCUT2D eigenvalue weighted by Gasteiger charge is -2.19. The molecule has 1 aliphatic rings. The summed E-state index contributed by atoms with van der Waals surface area (Å²) >= 11 is 0. The van der Waals surface area contributed by atoms with E-state index in [1.54, 1.807) is 19.2 Å². The van der Waals surface area contributed by atoms with E-state index in [2.05, 4.69) is 60.5 Å². The average molecular weight is 578 g/mol. The van der Waals surface area contributed by atoms with E-state index in [0.717, 1.165) is 34.4 Å². The van der Waals surface area contributed by atoms with Gasteiger partial charge in [-0.3, -0.25) is 4.79 Å². The monoisotopic (exact) mass is 577 g/mol. The number of carboxylic acids is 1. The van der Waals surface area contributed by atoms with Gasteiger partial charge in [0.1, 0.15) is 11.8 Å². The lowest BCUT2D eigenvalue weighted by Crippen LogP contribution is -2.42. The van der Waals surface area contributed by atoms with Gasteiger partial charge in [-0.2, -0.15) is 4.98 Å². The van der Waals surface area contributed by atoms with Crippen molar-refractivity contribution in [3.63, 3.8) is 0 Å². The van der Waals surface area contributed by atoms with Crippen LogP contribution in [0, 0.1) is 0 Å². The van der Waals surface area contributed by atoms with Crippen molar-refractivity contribution in [1.29, 1.82) is 0 Å². The van der Waals surface area contributed by atoms with Crippen LogP contribution in [0.5, 0.6) is 5.75 Å². The molecule has 1 amide bonds. The van der Waals surface area contributed by atoms with E-state index >= 15 is 0 Å². The summed E-state index contributed by atoms with van der Waals surface area (Å²) in [4.78, 5) is 29.3. The van der Waals surface area contributed by atoms with E-state index in [9.17, 15) is 14.7 Å². The van der Waals surface area contributed by atoms with Crippen LogP contribution in [0.15, 0.2) is 95.5 Å². The lowest BCUT2D eigenvalue weighted by molar-refractivity contribution is -0.139. The minimum absolute atomic E-state index is 0.0416. The van der Waals surface area contributed by atoms with E-state index < -0.39 is 17.9 Å². The summed E-state index contributed by atoms with van der Waals surface area (Å²) in [6, 6.07) is 21.5. The Kier molecular flexibility index (Phi) is 8.57. The van der Waals surface area contributed by atoms with Crippen LogP contribution in [0.1, 0.15) is 66.0 Å². The Morgan fingerprint density at radius 1 is 1.02 bits per heavy atom. The van der Waals surface area contributed by atoms with Gasteiger partial charge in [0.15, 0.2) is 0 Å². The third kappa shape index (κ3) is 7.09. The zero-order valence-electron chi connectivity index (χ0n) is 24.7. The first kappa shape index (κ1) is 29.5. The maximum Gasteiger partial charge on any atom is 0.326 e. The first-order valence-electron chi connectivity index (χ1n) is 14.2. The number of carbonyl (C=O) groups is 2. The van der Waals surface area contributed by atoms with E-state index in [0.29, 0.717) is 17.3 Å². The molecule has 0 bridgehead atoms. The second-order valence-corrected chi connectivity index (χ2v) is 11.6. The van der Waals surface area contributed by atoms with Crippen LogP contribution in [-0.2, 0) is 16.6 Å². The first-order chi connectivity index (χ1) is 20.6. The molecule has 0 radical (unpaired) electrons. The number of aliphatic carboxylic acids is 1. The van der Waals surface area contributed by atoms with Crippen LogP contribution in [0.2, 0.25) is 0 Å². The number of ether oxygens (including phenoxy) is 1. The zero-order valence-corrected chi connectivity index (χ0v) is 24.7. The zero-order chi connectivity index (χ0) is 30.6. The molecule has 8 heteroatoms. The summed E-state index contributed by atoms with van der Waals surface area (Å²) in [5.74, 6) is 0.442. The molecule has 2 N–H and O–H groups in total. The number of methoxy groups -OCH3 is 1. The van der Waals surface area contributed by atoms with Gasteiger partial charge in [-0.05, 0) is 52.8 Å². The maximum absolute atomic E-state index is 12.8. The Morgan fingerprint density at radius 3 is 2.30 bits per heavy atom. The van der Waals surface area contributed by atoms with Crippen molar-refractivity contribution in [2.75, 3.05) is 7.11 Å². The van der Waals surface area contributed by atoms with Gasteiger partial charge in [-0.1, -0.05) is 92.7 Å². The van der Waals surface area contributed by atoms with Gasteiger partial charge in [0.2, 0.25) is 5.82 Å². The molecular formula is C35H35N3O5. The van der Waals surface area contributed by atoms with Crippen molar-refractivity contribution >= 4 is 17.4 Å². The highest BCUT2D eigenvalue weighted by Gasteiger charge is 2.22. The fourth-order valence-corrected chi connectivity index (χ4v) is 4.92. The largest absolute Gasteiger partial charge is 0.497 e. The molecule has 43 heavy (non-hydrogen) atoms. The highest BCUT2D eigenvalue weighted by molar-refractivity contribution is 5.96. The minimum atomic E-state index is -1.10. The van der Waals surface area contributed by atoms with Gasteiger partial charge in [0.25, 0.3) is 11.8 Å². The Hall–Kier alpha value is -4.98. The van der Waals surface area contributed by atoms with Crippen LogP contribution >= 0.6 is 0 Å². The molecule has 0 aliphatic heterocycles. The smallest absolute Gasteiger partial charge is 0.326 e. The van der Waals surface area contributed by atoms with Gasteiger partial charge in [-0.25, -0.2) is 4.79 Å². The second kappa shape index (κ2) is 12.5. The summed E-state index contributed by atoms with van der Waals surface area (Å²) in [6.07, 6.45) is 7.17. The predicted octanol–water partition coefficient (Wildman–Crippen LogP) is 6.60. The number of aromatic nitrogens is 2. The summed E-state index contributed by atoms with van der Waals surface area (Å²) in [6.45, 7) is 6.28. The van der Waals surface area contributed by atoms with Gasteiger partial charge < -0.3 is 19.7 Å². The Bertz CT molecular complexity index is 1640. The van der Waals surface area contributed by atoms with Crippen molar-refractivity contribution < 1.29 is 24.0 Å². The summed E-state index contributed by atoms with van der Waals surface area (Å²) < 4.78 is 10.8. The number of hydrogen-bond acceptors (Lipinski definition) is 6. The van der Waals surface area contributed by atoms with E-state index in [1.807, 2.05) is 54.6 Å². The van der Waals surface area contributed by atoms with Crippen LogP contribution in [0.25, 0.3) is 17.0 Å². The van der Waals surface area contributed by atoms with Crippen molar-refractivity contribution in [3.05, 3.63) is 119 Å². The molecule has 1 aliphatic carbocycles. The molecule has 0 saturated heterocycles. The summed E-state index contributed by atoms with van der Waals surface area (Å²) in [5, 5.41) is 16.6. The van der Waals surface area contributed by atoms with Gasteiger partial charge in [0.05, 0.1) is 7.11 Å². The Balaban J connectivity index is 1.20. The topological polar surface area (TPSA) is 115 Å². The molecule has 220 valence electrons. The number of hydrogen-bond donors (Lipinski definition) is 2. The first-order valence-corrected chi connectivity index (χ1v) is 14.2. The fourth-order valence-electron chi connectivity index (χ4n) is 4.92. The summed E-state index contributed by atoms with van der Waals surface area (Å²) in [5.41, 5.74) is 5.04. The highest BCUT2D eigenvalue weighted by Crippen LogP contribution is 2.31. The van der Waals surface area contributed by atoms with Gasteiger partial charge in [0, 0.05) is 29.0 Å². The van der Waals surface area contributed by atoms with E-state index in [-0.39, 0.29) is 17.8 Å². The molecule has 8 nitrogen and oxygen atoms in total. The molecule has 2 atom stereocenters. The molecule has 3 aromatic carbocycles. The number of carboxylic acid groups (broad SMARTS) is 1. The van der Waals surface area contributed by atoms with Crippen LogP contribution < -0.4 is 10.1 Å². The van der Waals surface area contributed by atoms with Gasteiger partial charge in [-0.15, -0.1) is 0 Å². The van der Waals surface area contributed by atoms with Crippen LogP contribution in [0.4, 0.5) is 0 Å². The van der Waals surface area contributed by atoms with Crippen molar-refractivity contribution in [2.45, 2.75) is 51.0 Å². The number of carbonyl (C=O) groups excluding carboxylic acids is 1. The number of allylic oxidation sites excluding steroid dienone is 4. The molecule has 1 unspecified atom stereocenters. The number of benzene rings is 3. The number of nitrogens with zero attached hydrogens (tertiary/aromatic N) is 2. The Morgan fingerprint density at radius 2 is 1.72 bits per heavy atom. The third-order valence-electron chi connectivity index (χ3n) is 7.59. The minimum Gasteiger partial charge on any atom is -0.497 e. The summed E-state index contributed by atoms with van der Waals surface area (Å²) in [7, 11) is 1.66. The second-order valence-electron chi connectivity index (χ2n) is 11.6. The number of nitrogens with one attached hydrogen (secondary N) is 1. The molecule has 0 spiro atoms. The number of amides is 1. The predicted molar refractivity (Wildman–Crippen MR) is 165 cm³/mol. The van der Waals surface area contributed by atoms with Crippen molar-refractivity contribution in [3.8, 4) is 17.1 Å². The highest BCUT2D eigenvalue weighted by atomic mass is 16.5.